The first-order valence-electron chi connectivity index (χ1n) is 11.4. The van der Waals surface area contributed by atoms with E-state index in [1.165, 1.54) is 9.80 Å². The van der Waals surface area contributed by atoms with Crippen LogP contribution in [0, 0.1) is 0 Å². The molecule has 0 fully saturated rings. The number of allylic oxidation sites excluding steroid dienone is 4. The maximum absolute atomic E-state index is 12.8. The van der Waals surface area contributed by atoms with Crippen molar-refractivity contribution in [2.24, 2.45) is 0 Å². The lowest BCUT2D eigenvalue weighted by atomic mass is 10.1. The number of carbonyl (C=O) groups excluding carboxylic acids is 4. The molecule has 7 heteroatoms. The number of imide groups is 2. The van der Waals surface area contributed by atoms with Crippen molar-refractivity contribution in [1.29, 1.82) is 0 Å². The van der Waals surface area contributed by atoms with Crippen LogP contribution in [-0.4, -0.2) is 28.5 Å². The molecule has 2 heterocycles. The van der Waals surface area contributed by atoms with Gasteiger partial charge in [0.15, 0.2) is 0 Å². The van der Waals surface area contributed by atoms with Crippen LogP contribution in [0.2, 0.25) is 0 Å². The molecule has 1 N–H and O–H groups in total. The number of benzene rings is 3. The predicted molar refractivity (Wildman–Crippen MR) is 135 cm³/mol. The highest BCUT2D eigenvalue weighted by molar-refractivity contribution is 6.34. The molecule has 3 aromatic rings. The van der Waals surface area contributed by atoms with E-state index in [1.807, 2.05) is 12.2 Å². The van der Waals surface area contributed by atoms with Gasteiger partial charge in [-0.3, -0.25) is 19.2 Å². The van der Waals surface area contributed by atoms with E-state index in [0.717, 1.165) is 11.4 Å². The van der Waals surface area contributed by atoms with Crippen LogP contribution in [0.3, 0.4) is 0 Å². The molecule has 3 aromatic carbocycles. The van der Waals surface area contributed by atoms with E-state index in [1.54, 1.807) is 84.9 Å². The molecule has 0 saturated heterocycles. The van der Waals surface area contributed by atoms with Gasteiger partial charge in [0.1, 0.15) is 0 Å². The summed E-state index contributed by atoms with van der Waals surface area (Å²) in [6.45, 7) is 0. The summed E-state index contributed by atoms with van der Waals surface area (Å²) in [5.41, 5.74) is 4.18. The molecule has 0 spiro atoms. The third-order valence-electron chi connectivity index (χ3n) is 6.36. The molecule has 7 nitrogen and oxygen atoms in total. The summed E-state index contributed by atoms with van der Waals surface area (Å²) < 4.78 is 0. The number of hydrogen-bond donors (Lipinski definition) is 1. The zero-order valence-corrected chi connectivity index (χ0v) is 19.0. The lowest BCUT2D eigenvalue weighted by Gasteiger charge is -2.15. The summed E-state index contributed by atoms with van der Waals surface area (Å²) >= 11 is 0. The minimum atomic E-state index is -0.336. The fraction of sp³-hybridized carbons (Fsp3) is 0.0345. The molecular formula is C29H19N3O4. The first-order chi connectivity index (χ1) is 17.5. The quantitative estimate of drug-likeness (QED) is 0.544. The Bertz CT molecular complexity index is 1490. The summed E-state index contributed by atoms with van der Waals surface area (Å²) in [6.07, 6.45) is 7.84. The van der Waals surface area contributed by atoms with Crippen molar-refractivity contribution in [3.8, 4) is 0 Å². The number of rotatable bonds is 4. The van der Waals surface area contributed by atoms with E-state index >= 15 is 0 Å². The van der Waals surface area contributed by atoms with Crippen molar-refractivity contribution < 1.29 is 19.2 Å². The molecule has 174 valence electrons. The first-order valence-corrected chi connectivity index (χ1v) is 11.4. The Morgan fingerprint density at radius 3 is 1.58 bits per heavy atom. The van der Waals surface area contributed by atoms with E-state index < -0.39 is 0 Å². The van der Waals surface area contributed by atoms with Crippen LogP contribution in [0.4, 0.5) is 11.4 Å². The van der Waals surface area contributed by atoms with Gasteiger partial charge in [0.25, 0.3) is 23.6 Å². The molecule has 6 rings (SSSR count). The predicted octanol–water partition coefficient (Wildman–Crippen LogP) is 4.92. The highest BCUT2D eigenvalue weighted by Gasteiger charge is 2.37. The molecule has 36 heavy (non-hydrogen) atoms. The number of amides is 4. The minimum Gasteiger partial charge on any atom is -0.356 e. The molecule has 1 aliphatic carbocycles. The average molecular weight is 473 g/mol. The largest absolute Gasteiger partial charge is 0.356 e. The van der Waals surface area contributed by atoms with Gasteiger partial charge < -0.3 is 5.32 Å². The zero-order chi connectivity index (χ0) is 24.8. The summed E-state index contributed by atoms with van der Waals surface area (Å²) in [4.78, 5) is 53.4. The topological polar surface area (TPSA) is 86.8 Å². The molecule has 0 atom stereocenters. The summed E-state index contributed by atoms with van der Waals surface area (Å²) in [6, 6.07) is 20.6. The normalized spacial score (nSPS) is 16.6. The van der Waals surface area contributed by atoms with Crippen molar-refractivity contribution in [2.75, 3.05) is 10.2 Å². The standard InChI is InChI=1S/C29H19N3O4/c33-26-22-8-1-2-9-23(22)27(34)31(26)20-7-5-6-18(12-15-20)30-19-13-16-21(17-14-19)32-28(35)24-10-3-4-11-25(24)29(32)36/h1-4,6-17,30H,5H2. The number of nitrogens with zero attached hydrogens (tertiary/aromatic N) is 2. The molecule has 4 amide bonds. The highest BCUT2D eigenvalue weighted by atomic mass is 16.2. The lowest BCUT2D eigenvalue weighted by Crippen LogP contribution is -2.29. The average Bonchev–Trinajstić information content (AvgIpc) is 3.17. The maximum atomic E-state index is 12.8. The van der Waals surface area contributed by atoms with E-state index in [0.29, 0.717) is 40.1 Å². The lowest BCUT2D eigenvalue weighted by molar-refractivity contribution is 0.0708. The molecule has 0 aromatic heterocycles. The van der Waals surface area contributed by atoms with Gasteiger partial charge >= 0.3 is 0 Å². The van der Waals surface area contributed by atoms with Gasteiger partial charge in [0.2, 0.25) is 0 Å². The molecular weight excluding hydrogens is 454 g/mol. The second kappa shape index (κ2) is 8.32. The monoisotopic (exact) mass is 473 g/mol. The highest BCUT2D eigenvalue weighted by Crippen LogP contribution is 2.30. The molecule has 0 unspecified atom stereocenters. The van der Waals surface area contributed by atoms with Crippen molar-refractivity contribution in [3.63, 3.8) is 0 Å². The Hall–Kier alpha value is -5.04. The SMILES string of the molecule is O=C1c2ccccc2C(=O)N1C1=CCC=C(Nc2ccc(N3C(=O)c4ccccc4C3=O)cc2)C=C1. The summed E-state index contributed by atoms with van der Waals surface area (Å²) in [5.74, 6) is -1.33. The number of anilines is 2. The zero-order valence-electron chi connectivity index (χ0n) is 19.0. The van der Waals surface area contributed by atoms with Gasteiger partial charge in [-0.15, -0.1) is 0 Å². The van der Waals surface area contributed by atoms with Crippen LogP contribution in [0.25, 0.3) is 0 Å². The van der Waals surface area contributed by atoms with Crippen molar-refractivity contribution >= 4 is 35.0 Å². The Morgan fingerprint density at radius 2 is 1.06 bits per heavy atom. The van der Waals surface area contributed by atoms with Crippen LogP contribution >= 0.6 is 0 Å². The second-order valence-electron chi connectivity index (χ2n) is 8.51. The van der Waals surface area contributed by atoms with E-state index in [9.17, 15) is 19.2 Å². The van der Waals surface area contributed by atoms with Gasteiger partial charge in [-0.05, 0) is 67.1 Å². The smallest absolute Gasteiger partial charge is 0.266 e. The molecule has 0 saturated carbocycles. The van der Waals surface area contributed by atoms with Gasteiger partial charge in [-0.1, -0.05) is 36.4 Å². The Labute approximate surface area is 206 Å². The minimum absolute atomic E-state index is 0.327. The van der Waals surface area contributed by atoms with Crippen molar-refractivity contribution in [1.82, 2.24) is 4.90 Å². The van der Waals surface area contributed by atoms with Crippen LogP contribution in [0.5, 0.6) is 0 Å². The summed E-state index contributed by atoms with van der Waals surface area (Å²) in [5, 5.41) is 3.29. The summed E-state index contributed by atoms with van der Waals surface area (Å²) in [7, 11) is 0. The molecule has 0 radical (unpaired) electrons. The third-order valence-corrected chi connectivity index (χ3v) is 6.36. The van der Waals surface area contributed by atoms with Crippen LogP contribution < -0.4 is 10.2 Å². The van der Waals surface area contributed by atoms with Gasteiger partial charge in [0.05, 0.1) is 27.9 Å². The van der Waals surface area contributed by atoms with E-state index in [4.69, 9.17) is 0 Å². The van der Waals surface area contributed by atoms with Crippen LogP contribution in [0.1, 0.15) is 47.9 Å². The number of hydrogen-bond acceptors (Lipinski definition) is 5. The second-order valence-corrected chi connectivity index (χ2v) is 8.51. The van der Waals surface area contributed by atoms with Crippen molar-refractivity contribution in [2.45, 2.75) is 6.42 Å². The third kappa shape index (κ3) is 3.37. The fourth-order valence-electron chi connectivity index (χ4n) is 4.58. The maximum Gasteiger partial charge on any atom is 0.266 e. The van der Waals surface area contributed by atoms with Crippen LogP contribution in [-0.2, 0) is 0 Å². The van der Waals surface area contributed by atoms with Crippen LogP contribution in [0.15, 0.2) is 108 Å². The van der Waals surface area contributed by atoms with Gasteiger partial charge in [0, 0.05) is 17.1 Å². The molecule has 0 bridgehead atoms. The van der Waals surface area contributed by atoms with Crippen molar-refractivity contribution in [3.05, 3.63) is 131 Å². The van der Waals surface area contributed by atoms with E-state index in [2.05, 4.69) is 5.32 Å². The molecule has 3 aliphatic rings. The first kappa shape index (κ1) is 21.5. The Balaban J connectivity index is 1.16. The Morgan fingerprint density at radius 1 is 0.556 bits per heavy atom. The van der Waals surface area contributed by atoms with Gasteiger partial charge in [-0.2, -0.15) is 0 Å². The number of nitrogens with one attached hydrogen (secondary N) is 1. The van der Waals surface area contributed by atoms with Gasteiger partial charge in [-0.25, -0.2) is 9.80 Å². The molecule has 2 aliphatic heterocycles. The number of fused-ring (bicyclic) bond motifs is 2. The Kier molecular flexibility index (Phi) is 4.97. The number of carbonyl (C=O) groups is 4. The fourth-order valence-corrected chi connectivity index (χ4v) is 4.58. The van der Waals surface area contributed by atoms with E-state index in [-0.39, 0.29) is 23.6 Å².